The molecule has 0 aliphatic rings. The van der Waals surface area contributed by atoms with Crippen molar-refractivity contribution in [1.82, 2.24) is 18.7 Å². The molecule has 5 nitrogen and oxygen atoms in total. The Bertz CT molecular complexity index is 3250. The zero-order valence-corrected chi connectivity index (χ0v) is 28.2. The summed E-state index contributed by atoms with van der Waals surface area (Å²) in [7, 11) is 1.95. The van der Waals surface area contributed by atoms with E-state index in [4.69, 9.17) is 4.42 Å². The molecule has 0 aliphatic heterocycles. The number of benzene rings is 7. The lowest BCUT2D eigenvalue weighted by atomic mass is 10.0. The van der Waals surface area contributed by atoms with Crippen LogP contribution in [-0.2, 0) is 13.2 Å². The van der Waals surface area contributed by atoms with Crippen LogP contribution in [-0.4, -0.2) is 18.7 Å². The second-order valence-electron chi connectivity index (χ2n) is 13.7. The number of imidazole rings is 1. The van der Waals surface area contributed by atoms with E-state index in [1.54, 1.807) is 12.4 Å². The largest absolute Gasteiger partial charge is 0.456 e. The highest BCUT2D eigenvalue weighted by Crippen LogP contribution is 2.41. The fourth-order valence-electron chi connectivity index (χ4n) is 8.21. The van der Waals surface area contributed by atoms with E-state index in [9.17, 15) is 13.2 Å². The first kappa shape index (κ1) is 29.9. The normalized spacial score (nSPS) is 12.5. The van der Waals surface area contributed by atoms with Crippen molar-refractivity contribution in [1.29, 1.82) is 0 Å². The Hall–Kier alpha value is -6.80. The van der Waals surface area contributed by atoms with E-state index in [0.717, 1.165) is 83.5 Å². The van der Waals surface area contributed by atoms with Crippen LogP contribution in [0.4, 0.5) is 13.2 Å². The van der Waals surface area contributed by atoms with Crippen molar-refractivity contribution in [2.24, 2.45) is 7.05 Å². The number of hydrogen-bond acceptors (Lipinski definition) is 2. The van der Waals surface area contributed by atoms with Gasteiger partial charge in [-0.1, -0.05) is 48.5 Å². The van der Waals surface area contributed by atoms with Gasteiger partial charge >= 0.3 is 6.18 Å². The SMILES string of the molecule is Cn1cnc2cc(-c3ccc4c(c3)c3cc(C(F)(F)F)ccc3n4-c3ccc4oc5ccc(-n6c7ccccc7c7ccccc76)cc5c4c3)ccc21. The maximum Gasteiger partial charge on any atom is 0.416 e. The van der Waals surface area contributed by atoms with E-state index in [1.807, 2.05) is 70.8 Å². The first-order chi connectivity index (χ1) is 25.8. The molecule has 0 fully saturated rings. The van der Waals surface area contributed by atoms with E-state index in [2.05, 4.69) is 76.3 Å². The Morgan fingerprint density at radius 2 is 1.02 bits per heavy atom. The summed E-state index contributed by atoms with van der Waals surface area (Å²) in [5.74, 6) is 0. The Morgan fingerprint density at radius 1 is 0.491 bits per heavy atom. The summed E-state index contributed by atoms with van der Waals surface area (Å²) in [6.07, 6.45) is -2.71. The number of aryl methyl sites for hydroxylation is 1. The Kier molecular flexibility index (Phi) is 5.99. The van der Waals surface area contributed by atoms with Crippen molar-refractivity contribution in [3.63, 3.8) is 0 Å². The van der Waals surface area contributed by atoms with E-state index < -0.39 is 11.7 Å². The number of halogens is 3. The molecule has 4 heterocycles. The molecule has 0 unspecified atom stereocenters. The second-order valence-corrected chi connectivity index (χ2v) is 13.7. The van der Waals surface area contributed by atoms with Gasteiger partial charge in [0.2, 0.25) is 0 Å². The summed E-state index contributed by atoms with van der Waals surface area (Å²) in [5.41, 5.74) is 10.1. The highest BCUT2D eigenvalue weighted by atomic mass is 19.4. The summed E-state index contributed by atoms with van der Waals surface area (Å²) in [4.78, 5) is 4.51. The minimum atomic E-state index is -4.48. The Balaban J connectivity index is 1.13. The third-order valence-corrected chi connectivity index (χ3v) is 10.7. The number of alkyl halides is 3. The molecule has 11 rings (SSSR count). The van der Waals surface area contributed by atoms with Gasteiger partial charge in [0, 0.05) is 50.7 Å². The second kappa shape index (κ2) is 10.6. The summed E-state index contributed by atoms with van der Waals surface area (Å²) >= 11 is 0. The first-order valence-electron chi connectivity index (χ1n) is 17.3. The molecule has 7 aromatic carbocycles. The Morgan fingerprint density at radius 3 is 1.64 bits per heavy atom. The van der Waals surface area contributed by atoms with E-state index in [1.165, 1.54) is 16.8 Å². The zero-order valence-electron chi connectivity index (χ0n) is 28.2. The van der Waals surface area contributed by atoms with E-state index in [0.29, 0.717) is 10.9 Å². The van der Waals surface area contributed by atoms with Crippen molar-refractivity contribution in [3.8, 4) is 22.5 Å². The smallest absolute Gasteiger partial charge is 0.416 e. The molecule has 254 valence electrons. The number of rotatable bonds is 3. The van der Waals surface area contributed by atoms with Gasteiger partial charge in [-0.05, 0) is 102 Å². The highest BCUT2D eigenvalue weighted by Gasteiger charge is 2.31. The maximum absolute atomic E-state index is 14.1. The topological polar surface area (TPSA) is 40.8 Å². The molecule has 0 bridgehead atoms. The number of fused-ring (bicyclic) bond motifs is 10. The molecule has 0 spiro atoms. The van der Waals surface area contributed by atoms with Gasteiger partial charge in [-0.15, -0.1) is 0 Å². The number of para-hydroxylation sites is 2. The van der Waals surface area contributed by atoms with Crippen molar-refractivity contribution >= 4 is 76.6 Å². The number of furan rings is 1. The van der Waals surface area contributed by atoms with E-state index in [-0.39, 0.29) is 0 Å². The number of hydrogen-bond donors (Lipinski definition) is 0. The standard InChI is InChI=1S/C45H27F3N4O/c1-50-25-49-37-21-27(11-16-42(37)50)26-10-15-40-33(20-26)34-22-28(45(46,47)48)12-17-41(34)52(40)30-14-19-44-36(24-30)35-23-29(13-18-43(35)53-44)51-38-8-4-2-6-31(38)32-7-3-5-9-39(32)51/h2-25H,1H3. The molecule has 0 saturated heterocycles. The van der Waals surface area contributed by atoms with Gasteiger partial charge in [-0.2, -0.15) is 13.2 Å². The first-order valence-corrected chi connectivity index (χ1v) is 17.3. The minimum absolute atomic E-state index is 0.529. The van der Waals surface area contributed by atoms with Crippen LogP contribution in [0, 0.1) is 0 Å². The monoisotopic (exact) mass is 696 g/mol. The number of nitrogens with zero attached hydrogens (tertiary/aromatic N) is 4. The van der Waals surface area contributed by atoms with Gasteiger partial charge in [-0.3, -0.25) is 0 Å². The zero-order chi connectivity index (χ0) is 35.6. The number of aromatic nitrogens is 4. The molecule has 8 heteroatoms. The predicted molar refractivity (Wildman–Crippen MR) is 207 cm³/mol. The van der Waals surface area contributed by atoms with Crippen molar-refractivity contribution in [2.75, 3.05) is 0 Å². The van der Waals surface area contributed by atoms with Gasteiger partial charge in [0.1, 0.15) is 11.2 Å². The van der Waals surface area contributed by atoms with Gasteiger partial charge < -0.3 is 18.1 Å². The molecular weight excluding hydrogens is 670 g/mol. The van der Waals surface area contributed by atoms with Gasteiger partial charge in [-0.25, -0.2) is 4.98 Å². The third-order valence-electron chi connectivity index (χ3n) is 10.7. The summed E-state index contributed by atoms with van der Waals surface area (Å²) in [5, 5.41) is 5.50. The fraction of sp³-hybridized carbons (Fsp3) is 0.0444. The van der Waals surface area contributed by atoms with Crippen LogP contribution < -0.4 is 0 Å². The lowest BCUT2D eigenvalue weighted by Crippen LogP contribution is -2.04. The molecule has 0 aliphatic carbocycles. The quantitative estimate of drug-likeness (QED) is 0.184. The molecule has 0 amide bonds. The van der Waals surface area contributed by atoms with E-state index >= 15 is 0 Å². The predicted octanol–water partition coefficient (Wildman–Crippen LogP) is 12.4. The van der Waals surface area contributed by atoms with Gasteiger partial charge in [0.15, 0.2) is 0 Å². The van der Waals surface area contributed by atoms with Gasteiger partial charge in [0.05, 0.1) is 45.0 Å². The minimum Gasteiger partial charge on any atom is -0.456 e. The highest BCUT2D eigenvalue weighted by molar-refractivity contribution is 6.13. The van der Waals surface area contributed by atoms with Crippen LogP contribution >= 0.6 is 0 Å². The third kappa shape index (κ3) is 4.35. The van der Waals surface area contributed by atoms with Crippen LogP contribution in [0.5, 0.6) is 0 Å². The molecule has 0 saturated carbocycles. The molecule has 0 radical (unpaired) electrons. The van der Waals surface area contributed by atoms with Gasteiger partial charge in [0.25, 0.3) is 0 Å². The van der Waals surface area contributed by atoms with Crippen LogP contribution in [0.3, 0.4) is 0 Å². The van der Waals surface area contributed by atoms with Crippen LogP contribution in [0.25, 0.3) is 99.1 Å². The molecular formula is C45H27F3N4O. The molecule has 4 aromatic heterocycles. The van der Waals surface area contributed by atoms with Crippen LogP contribution in [0.2, 0.25) is 0 Å². The van der Waals surface area contributed by atoms with Crippen LogP contribution in [0.15, 0.2) is 150 Å². The lowest BCUT2D eigenvalue weighted by molar-refractivity contribution is -0.137. The summed E-state index contributed by atoms with van der Waals surface area (Å²) in [6, 6.07) is 45.2. The average Bonchev–Trinajstić information content (AvgIpc) is 3.92. The lowest BCUT2D eigenvalue weighted by Gasteiger charge is -2.10. The average molecular weight is 697 g/mol. The maximum atomic E-state index is 14.1. The Labute approximate surface area is 299 Å². The molecule has 0 atom stereocenters. The van der Waals surface area contributed by atoms with Crippen molar-refractivity contribution < 1.29 is 17.6 Å². The van der Waals surface area contributed by atoms with Crippen LogP contribution in [0.1, 0.15) is 5.56 Å². The molecule has 53 heavy (non-hydrogen) atoms. The molecule has 0 N–H and O–H groups in total. The van der Waals surface area contributed by atoms with Crippen molar-refractivity contribution in [3.05, 3.63) is 151 Å². The van der Waals surface area contributed by atoms with Crippen molar-refractivity contribution in [2.45, 2.75) is 6.18 Å². The summed E-state index contributed by atoms with van der Waals surface area (Å²) in [6.45, 7) is 0. The fourth-order valence-corrected chi connectivity index (χ4v) is 8.21. The molecule has 11 aromatic rings. The summed E-state index contributed by atoms with van der Waals surface area (Å²) < 4.78 is 55.0.